The normalized spacial score (nSPS) is 17.2. The average molecular weight is 497 g/mol. The van der Waals surface area contributed by atoms with E-state index in [1.54, 1.807) is 12.1 Å². The van der Waals surface area contributed by atoms with Crippen molar-refractivity contribution in [3.63, 3.8) is 0 Å². The number of benzene rings is 2. The van der Waals surface area contributed by atoms with E-state index >= 15 is 0 Å². The zero-order chi connectivity index (χ0) is 26.1. The summed E-state index contributed by atoms with van der Waals surface area (Å²) in [6, 6.07) is 11.6. The molecule has 7 heteroatoms. The number of ketones is 1. The zero-order valence-corrected chi connectivity index (χ0v) is 21.5. The molecule has 1 aliphatic heterocycles. The van der Waals surface area contributed by atoms with E-state index < -0.39 is 23.5 Å². The van der Waals surface area contributed by atoms with Gasteiger partial charge in [-0.3, -0.25) is 9.59 Å². The largest absolute Gasteiger partial charge is 0.507 e. The van der Waals surface area contributed by atoms with Crippen molar-refractivity contribution in [3.8, 4) is 5.75 Å². The summed E-state index contributed by atoms with van der Waals surface area (Å²) >= 11 is 0. The van der Waals surface area contributed by atoms with Gasteiger partial charge in [0, 0.05) is 17.7 Å². The van der Waals surface area contributed by atoms with E-state index in [-0.39, 0.29) is 16.9 Å². The van der Waals surface area contributed by atoms with Crippen molar-refractivity contribution >= 4 is 17.4 Å². The van der Waals surface area contributed by atoms with E-state index in [0.29, 0.717) is 24.3 Å². The molecule has 1 saturated heterocycles. The smallest absolute Gasteiger partial charge is 0.295 e. The Hall–Kier alpha value is -3.19. The Kier molecular flexibility index (Phi) is 10.1. The number of rotatable bonds is 13. The number of aliphatic hydroxyl groups excluding tert-OH is 1. The van der Waals surface area contributed by atoms with Crippen molar-refractivity contribution < 1.29 is 23.8 Å². The molecular weight excluding hydrogens is 459 g/mol. The maximum atomic E-state index is 13.5. The highest BCUT2D eigenvalue weighted by atomic mass is 19.1. The monoisotopic (exact) mass is 496 g/mol. The van der Waals surface area contributed by atoms with Crippen LogP contribution in [0.5, 0.6) is 5.75 Å². The SMILES string of the molecule is CCCCN(CCCC)CCCN1C(=O)C(=O)C(=C(O)c2ccc(F)cc2)C1c1ccccc1OC. The average Bonchev–Trinajstić information content (AvgIpc) is 3.14. The number of Topliss-reactive ketones (excluding diaryl/α,β-unsaturated/α-hetero) is 1. The lowest BCUT2D eigenvalue weighted by Gasteiger charge is -2.28. The molecule has 194 valence electrons. The number of hydrogen-bond donors (Lipinski definition) is 1. The topological polar surface area (TPSA) is 70.1 Å². The minimum absolute atomic E-state index is 0.00932. The van der Waals surface area contributed by atoms with Crippen molar-refractivity contribution in [2.45, 2.75) is 52.0 Å². The maximum absolute atomic E-state index is 13.5. The van der Waals surface area contributed by atoms with Crippen LogP contribution in [0.4, 0.5) is 4.39 Å². The van der Waals surface area contributed by atoms with Crippen molar-refractivity contribution in [1.29, 1.82) is 0 Å². The molecule has 36 heavy (non-hydrogen) atoms. The maximum Gasteiger partial charge on any atom is 0.295 e. The number of amides is 1. The van der Waals surface area contributed by atoms with E-state index in [0.717, 1.165) is 45.3 Å². The molecule has 2 aromatic rings. The van der Waals surface area contributed by atoms with Crippen LogP contribution in [-0.4, -0.2) is 59.9 Å². The first kappa shape index (κ1) is 27.4. The molecule has 0 saturated carbocycles. The Balaban J connectivity index is 1.95. The standard InChI is InChI=1S/C29H37FN2O4/c1-4-6-17-31(18-7-5-2)19-10-20-32-26(23-11-8-9-12-24(23)36-3)25(28(34)29(32)35)27(33)21-13-15-22(30)16-14-21/h8-9,11-16,26,33H,4-7,10,17-20H2,1-3H3. The van der Waals surface area contributed by atoms with Crippen LogP contribution in [0, 0.1) is 5.82 Å². The van der Waals surface area contributed by atoms with Crippen LogP contribution < -0.4 is 4.74 Å². The van der Waals surface area contributed by atoms with Gasteiger partial charge in [0.2, 0.25) is 0 Å². The zero-order valence-electron chi connectivity index (χ0n) is 21.5. The molecule has 0 radical (unpaired) electrons. The molecule has 0 spiro atoms. The number of aliphatic hydroxyl groups is 1. The Bertz CT molecular complexity index is 1060. The van der Waals surface area contributed by atoms with Gasteiger partial charge in [-0.15, -0.1) is 0 Å². The summed E-state index contributed by atoms with van der Waals surface area (Å²) in [7, 11) is 1.53. The van der Waals surface area contributed by atoms with Crippen molar-refractivity contribution in [1.82, 2.24) is 9.80 Å². The van der Waals surface area contributed by atoms with Gasteiger partial charge in [0.25, 0.3) is 11.7 Å². The van der Waals surface area contributed by atoms with Gasteiger partial charge in [0.15, 0.2) is 0 Å². The number of carbonyl (C=O) groups is 2. The predicted molar refractivity (Wildman–Crippen MR) is 139 cm³/mol. The number of hydrogen-bond acceptors (Lipinski definition) is 5. The lowest BCUT2D eigenvalue weighted by molar-refractivity contribution is -0.140. The Morgan fingerprint density at radius 2 is 1.58 bits per heavy atom. The minimum Gasteiger partial charge on any atom is -0.507 e. The van der Waals surface area contributed by atoms with Crippen molar-refractivity contribution in [2.24, 2.45) is 0 Å². The highest BCUT2D eigenvalue weighted by Gasteiger charge is 2.46. The second kappa shape index (κ2) is 13.2. The highest BCUT2D eigenvalue weighted by Crippen LogP contribution is 2.42. The van der Waals surface area contributed by atoms with E-state index in [1.165, 1.54) is 36.3 Å². The Morgan fingerprint density at radius 1 is 0.972 bits per heavy atom. The molecule has 1 unspecified atom stereocenters. The van der Waals surface area contributed by atoms with Gasteiger partial charge in [-0.05, 0) is 69.2 Å². The van der Waals surface area contributed by atoms with Crippen LogP contribution in [-0.2, 0) is 9.59 Å². The fourth-order valence-corrected chi connectivity index (χ4v) is 4.65. The second-order valence-electron chi connectivity index (χ2n) is 9.14. The molecule has 1 fully saturated rings. The summed E-state index contributed by atoms with van der Waals surface area (Å²) in [5, 5.41) is 11.1. The molecular formula is C29H37FN2O4. The van der Waals surface area contributed by atoms with Gasteiger partial charge >= 0.3 is 0 Å². The van der Waals surface area contributed by atoms with Crippen LogP contribution >= 0.6 is 0 Å². The van der Waals surface area contributed by atoms with Crippen LogP contribution in [0.25, 0.3) is 5.76 Å². The van der Waals surface area contributed by atoms with Crippen LogP contribution in [0.3, 0.4) is 0 Å². The van der Waals surface area contributed by atoms with Gasteiger partial charge in [-0.25, -0.2) is 4.39 Å². The van der Waals surface area contributed by atoms with Gasteiger partial charge in [0.1, 0.15) is 17.3 Å². The second-order valence-corrected chi connectivity index (χ2v) is 9.14. The highest BCUT2D eigenvalue weighted by molar-refractivity contribution is 6.46. The van der Waals surface area contributed by atoms with E-state index in [9.17, 15) is 19.1 Å². The minimum atomic E-state index is -0.800. The fraction of sp³-hybridized carbons (Fsp3) is 0.448. The molecule has 6 nitrogen and oxygen atoms in total. The number of halogens is 1. The number of unbranched alkanes of at least 4 members (excludes halogenated alkanes) is 2. The summed E-state index contributed by atoms with van der Waals surface area (Å²) in [4.78, 5) is 30.4. The summed E-state index contributed by atoms with van der Waals surface area (Å²) < 4.78 is 19.0. The Morgan fingerprint density at radius 3 is 2.19 bits per heavy atom. The third kappa shape index (κ3) is 6.32. The predicted octanol–water partition coefficient (Wildman–Crippen LogP) is 5.55. The third-order valence-electron chi connectivity index (χ3n) is 6.62. The summed E-state index contributed by atoms with van der Waals surface area (Å²) in [6.45, 7) is 7.55. The number of ether oxygens (including phenoxy) is 1. The van der Waals surface area contributed by atoms with Crippen LogP contribution in [0.2, 0.25) is 0 Å². The molecule has 3 rings (SSSR count). The molecule has 0 aromatic heterocycles. The van der Waals surface area contributed by atoms with Crippen LogP contribution in [0.1, 0.15) is 63.1 Å². The first-order chi connectivity index (χ1) is 17.4. The fourth-order valence-electron chi connectivity index (χ4n) is 4.65. The number of methoxy groups -OCH3 is 1. The molecule has 0 aliphatic carbocycles. The number of para-hydroxylation sites is 1. The summed E-state index contributed by atoms with van der Waals surface area (Å²) in [5.41, 5.74) is 0.890. The molecule has 2 aromatic carbocycles. The van der Waals surface area contributed by atoms with Gasteiger partial charge in [0.05, 0.1) is 18.7 Å². The number of likely N-dealkylation sites (tertiary alicyclic amines) is 1. The van der Waals surface area contributed by atoms with Crippen LogP contribution in [0.15, 0.2) is 54.1 Å². The molecule has 1 heterocycles. The van der Waals surface area contributed by atoms with E-state index in [4.69, 9.17) is 4.74 Å². The van der Waals surface area contributed by atoms with Crippen molar-refractivity contribution in [2.75, 3.05) is 33.3 Å². The van der Waals surface area contributed by atoms with Gasteiger partial charge in [-0.2, -0.15) is 0 Å². The van der Waals surface area contributed by atoms with Gasteiger partial charge < -0.3 is 19.6 Å². The summed E-state index contributed by atoms with van der Waals surface area (Å²) in [5.74, 6) is -1.65. The molecule has 1 atom stereocenters. The van der Waals surface area contributed by atoms with E-state index in [2.05, 4.69) is 18.7 Å². The number of nitrogens with zero attached hydrogens (tertiary/aromatic N) is 2. The number of carbonyl (C=O) groups excluding carboxylic acids is 2. The molecule has 0 bridgehead atoms. The third-order valence-corrected chi connectivity index (χ3v) is 6.62. The van der Waals surface area contributed by atoms with Crippen molar-refractivity contribution in [3.05, 3.63) is 71.0 Å². The first-order valence-corrected chi connectivity index (χ1v) is 12.8. The first-order valence-electron chi connectivity index (χ1n) is 12.8. The lowest BCUT2D eigenvalue weighted by Crippen LogP contribution is -2.34. The Labute approximate surface area is 213 Å². The summed E-state index contributed by atoms with van der Waals surface area (Å²) in [6.07, 6.45) is 5.17. The quantitative estimate of drug-likeness (QED) is 0.224. The van der Waals surface area contributed by atoms with E-state index in [1.807, 2.05) is 12.1 Å². The molecule has 1 amide bonds. The molecule has 1 aliphatic rings. The van der Waals surface area contributed by atoms with Gasteiger partial charge in [-0.1, -0.05) is 44.9 Å². The lowest BCUT2D eigenvalue weighted by atomic mass is 9.94. The molecule has 1 N–H and O–H groups in total.